The van der Waals surface area contributed by atoms with Gasteiger partial charge < -0.3 is 20.2 Å². The van der Waals surface area contributed by atoms with Crippen LogP contribution >= 0.6 is 11.6 Å². The molecule has 12 heteroatoms. The second-order valence-corrected chi connectivity index (χ2v) is 8.10. The summed E-state index contributed by atoms with van der Waals surface area (Å²) in [6.45, 7) is -1.43. The van der Waals surface area contributed by atoms with Crippen LogP contribution in [0.4, 0.5) is 14.5 Å². The van der Waals surface area contributed by atoms with Gasteiger partial charge in [-0.2, -0.15) is 19.0 Å². The summed E-state index contributed by atoms with van der Waals surface area (Å²) in [5, 5.41) is 20.1. The van der Waals surface area contributed by atoms with Crippen molar-refractivity contribution in [2.24, 2.45) is 0 Å². The highest BCUT2D eigenvalue weighted by Crippen LogP contribution is 2.28. The molecular formula is C25H21ClF2N6O3. The molecule has 2 aromatic carbocycles. The third-order valence-electron chi connectivity index (χ3n) is 5.00. The van der Waals surface area contributed by atoms with Crippen LogP contribution < -0.4 is 20.2 Å². The van der Waals surface area contributed by atoms with E-state index in [1.807, 2.05) is 0 Å². The molecule has 2 heterocycles. The highest BCUT2D eigenvalue weighted by atomic mass is 35.5. The van der Waals surface area contributed by atoms with E-state index in [4.69, 9.17) is 21.7 Å². The molecule has 0 aliphatic rings. The fraction of sp³-hybridized carbons (Fsp3) is 0.120. The maximum Gasteiger partial charge on any atom is 0.388 e. The van der Waals surface area contributed by atoms with Gasteiger partial charge in [0.2, 0.25) is 11.3 Å². The zero-order valence-electron chi connectivity index (χ0n) is 19.7. The summed E-state index contributed by atoms with van der Waals surface area (Å²) in [6.07, 6.45) is 4.29. The average Bonchev–Trinajstić information content (AvgIpc) is 3.31. The Labute approximate surface area is 215 Å². The molecule has 0 fully saturated rings. The Bertz CT molecular complexity index is 1530. The first kappa shape index (κ1) is 25.6. The first-order chi connectivity index (χ1) is 17.7. The smallest absolute Gasteiger partial charge is 0.388 e. The molecule has 0 saturated carbocycles. The SMILES string of the molecule is COc1cc(-n2nccc2OC(F)F)ccc1-n1ccc(=O)c(/C(=C/C(C)=N)Nc2cccc(Cl)c2)n1. The topological polar surface area (TPSA) is 107 Å². The summed E-state index contributed by atoms with van der Waals surface area (Å²) in [6, 6.07) is 14.4. The first-order valence-electron chi connectivity index (χ1n) is 10.8. The average molecular weight is 527 g/mol. The van der Waals surface area contributed by atoms with Crippen molar-refractivity contribution in [2.45, 2.75) is 13.5 Å². The maximum absolute atomic E-state index is 12.8. The molecule has 0 amide bonds. The maximum atomic E-state index is 12.8. The fourth-order valence-electron chi connectivity index (χ4n) is 3.48. The van der Waals surface area contributed by atoms with Crippen LogP contribution in [-0.2, 0) is 0 Å². The number of allylic oxidation sites excluding steroid dienone is 1. The first-order valence-corrected chi connectivity index (χ1v) is 11.2. The number of nitrogens with one attached hydrogen (secondary N) is 2. The molecule has 9 nitrogen and oxygen atoms in total. The number of methoxy groups -OCH3 is 1. The van der Waals surface area contributed by atoms with E-state index in [0.717, 1.165) is 0 Å². The Kier molecular flexibility index (Phi) is 7.63. The quantitative estimate of drug-likeness (QED) is 0.291. The van der Waals surface area contributed by atoms with Crippen LogP contribution in [-0.4, -0.2) is 39.0 Å². The molecule has 4 rings (SSSR count). The van der Waals surface area contributed by atoms with Crippen LogP contribution in [0, 0.1) is 5.41 Å². The Balaban J connectivity index is 1.75. The van der Waals surface area contributed by atoms with Gasteiger partial charge in [-0.1, -0.05) is 17.7 Å². The van der Waals surface area contributed by atoms with Crippen LogP contribution in [0.1, 0.15) is 12.6 Å². The normalized spacial score (nSPS) is 11.5. The number of alkyl halides is 2. The molecular weight excluding hydrogens is 506 g/mol. The summed E-state index contributed by atoms with van der Waals surface area (Å²) in [5.41, 5.74) is 1.66. The molecule has 0 unspecified atom stereocenters. The van der Waals surface area contributed by atoms with Crippen LogP contribution in [0.5, 0.6) is 11.6 Å². The molecule has 0 spiro atoms. The standard InChI is InChI=1S/C25H21ClF2N6O3/c1-15(29)12-19(31-17-5-3-4-16(26)13-17)24-21(35)9-11-33(32-24)20-7-6-18(14-22(20)36-2)34-23(8-10-30-34)37-25(27)28/h3-14,25,29,31H,1-2H3/b19-12-,29-15?. The van der Waals surface area contributed by atoms with Crippen LogP contribution in [0.3, 0.4) is 0 Å². The summed E-state index contributed by atoms with van der Waals surface area (Å²) in [4.78, 5) is 12.8. The number of ether oxygens (including phenoxy) is 2. The van der Waals surface area contributed by atoms with Crippen molar-refractivity contribution in [3.63, 3.8) is 0 Å². The van der Waals surface area contributed by atoms with E-state index in [1.165, 1.54) is 47.1 Å². The molecule has 2 aromatic heterocycles. The van der Waals surface area contributed by atoms with Gasteiger partial charge in [-0.25, -0.2) is 9.36 Å². The van der Waals surface area contributed by atoms with Gasteiger partial charge in [0, 0.05) is 40.8 Å². The predicted octanol–water partition coefficient (Wildman–Crippen LogP) is 5.17. The number of nitrogens with zero attached hydrogens (tertiary/aromatic N) is 4. The summed E-state index contributed by atoms with van der Waals surface area (Å²) >= 11 is 6.09. The lowest BCUT2D eigenvalue weighted by Gasteiger charge is -2.16. The van der Waals surface area contributed by atoms with Crippen LogP contribution in [0.2, 0.25) is 5.02 Å². The zero-order chi connectivity index (χ0) is 26.5. The highest BCUT2D eigenvalue weighted by Gasteiger charge is 2.16. The molecule has 4 aromatic rings. The summed E-state index contributed by atoms with van der Waals surface area (Å²) < 4.78 is 38.1. The van der Waals surface area contributed by atoms with Gasteiger partial charge in [0.25, 0.3) is 0 Å². The largest absolute Gasteiger partial charge is 0.494 e. The summed E-state index contributed by atoms with van der Waals surface area (Å²) in [7, 11) is 1.44. The second-order valence-electron chi connectivity index (χ2n) is 7.67. The molecule has 37 heavy (non-hydrogen) atoms. The van der Waals surface area contributed by atoms with E-state index in [0.29, 0.717) is 33.5 Å². The third kappa shape index (κ3) is 6.01. The Hall–Kier alpha value is -4.51. The molecule has 2 N–H and O–H groups in total. The Morgan fingerprint density at radius 2 is 2.00 bits per heavy atom. The minimum atomic E-state index is -3.01. The predicted molar refractivity (Wildman–Crippen MR) is 137 cm³/mol. The zero-order valence-corrected chi connectivity index (χ0v) is 20.4. The van der Waals surface area contributed by atoms with E-state index in [9.17, 15) is 13.6 Å². The van der Waals surface area contributed by atoms with Crippen molar-refractivity contribution in [2.75, 3.05) is 12.4 Å². The molecule has 0 saturated heterocycles. The molecule has 0 atom stereocenters. The monoisotopic (exact) mass is 526 g/mol. The van der Waals surface area contributed by atoms with Gasteiger partial charge >= 0.3 is 6.61 Å². The lowest BCUT2D eigenvalue weighted by atomic mass is 10.2. The van der Waals surface area contributed by atoms with Gasteiger partial charge in [0.1, 0.15) is 11.4 Å². The number of rotatable bonds is 9. The van der Waals surface area contributed by atoms with E-state index in [-0.39, 0.29) is 22.7 Å². The van der Waals surface area contributed by atoms with Gasteiger partial charge in [0.05, 0.1) is 24.7 Å². The highest BCUT2D eigenvalue weighted by molar-refractivity contribution is 6.30. The summed E-state index contributed by atoms with van der Waals surface area (Å²) in [5.74, 6) is 0.187. The lowest BCUT2D eigenvalue weighted by molar-refractivity contribution is -0.0544. The van der Waals surface area contributed by atoms with Crippen molar-refractivity contribution >= 4 is 28.7 Å². The van der Waals surface area contributed by atoms with Crippen LogP contribution in [0.25, 0.3) is 17.1 Å². The van der Waals surface area contributed by atoms with Crippen molar-refractivity contribution in [1.29, 1.82) is 5.41 Å². The second kappa shape index (κ2) is 11.0. The van der Waals surface area contributed by atoms with Gasteiger partial charge in [-0.3, -0.25) is 4.79 Å². The van der Waals surface area contributed by atoms with Crippen LogP contribution in [0.15, 0.2) is 77.9 Å². The van der Waals surface area contributed by atoms with Crippen molar-refractivity contribution < 1.29 is 18.3 Å². The van der Waals surface area contributed by atoms with E-state index < -0.39 is 6.61 Å². The van der Waals surface area contributed by atoms with E-state index in [1.54, 1.807) is 49.4 Å². The van der Waals surface area contributed by atoms with Crippen molar-refractivity contribution in [3.05, 3.63) is 94.0 Å². The Morgan fingerprint density at radius 3 is 2.70 bits per heavy atom. The number of halogens is 3. The third-order valence-corrected chi connectivity index (χ3v) is 5.24. The number of benzene rings is 2. The minimum absolute atomic E-state index is 0.0555. The molecule has 0 aliphatic heterocycles. The van der Waals surface area contributed by atoms with Gasteiger partial charge in [-0.15, -0.1) is 0 Å². The number of hydrogen-bond donors (Lipinski definition) is 2. The number of anilines is 1. The van der Waals surface area contributed by atoms with E-state index in [2.05, 4.69) is 20.3 Å². The number of hydrogen-bond acceptors (Lipinski definition) is 7. The molecule has 0 aliphatic carbocycles. The van der Waals surface area contributed by atoms with Gasteiger partial charge in [0.15, 0.2) is 5.69 Å². The van der Waals surface area contributed by atoms with E-state index >= 15 is 0 Å². The van der Waals surface area contributed by atoms with Crippen molar-refractivity contribution in [3.8, 4) is 23.0 Å². The Morgan fingerprint density at radius 1 is 1.19 bits per heavy atom. The fourth-order valence-corrected chi connectivity index (χ4v) is 3.67. The van der Waals surface area contributed by atoms with Gasteiger partial charge in [-0.05, 0) is 43.3 Å². The minimum Gasteiger partial charge on any atom is -0.494 e. The molecule has 0 radical (unpaired) electrons. The lowest BCUT2D eigenvalue weighted by Crippen LogP contribution is -2.19. The molecule has 0 bridgehead atoms. The number of aromatic nitrogens is 4. The molecule has 190 valence electrons. The van der Waals surface area contributed by atoms with Crippen molar-refractivity contribution in [1.82, 2.24) is 19.6 Å².